The van der Waals surface area contributed by atoms with Crippen LogP contribution in [0.5, 0.6) is 5.75 Å². The van der Waals surface area contributed by atoms with Gasteiger partial charge in [0.05, 0.1) is 18.2 Å². The highest BCUT2D eigenvalue weighted by Crippen LogP contribution is 2.31. The van der Waals surface area contributed by atoms with Crippen LogP contribution >= 0.6 is 11.6 Å². The van der Waals surface area contributed by atoms with Gasteiger partial charge < -0.3 is 10.1 Å². The quantitative estimate of drug-likeness (QED) is 0.910. The first-order valence-electron chi connectivity index (χ1n) is 6.64. The number of aryl methyl sites for hydroxylation is 1. The number of benzene rings is 1. The zero-order valence-electron chi connectivity index (χ0n) is 12.0. The van der Waals surface area contributed by atoms with E-state index in [2.05, 4.69) is 24.1 Å². The molecule has 106 valence electrons. The number of halogens is 1. The van der Waals surface area contributed by atoms with Gasteiger partial charge in [-0.1, -0.05) is 24.6 Å². The third-order valence-electron chi connectivity index (χ3n) is 3.29. The Hall–Kier alpha value is -1.58. The molecule has 1 aromatic heterocycles. The summed E-state index contributed by atoms with van der Waals surface area (Å²) >= 11 is 6.10. The molecule has 1 atom stereocenters. The van der Waals surface area contributed by atoms with Crippen LogP contribution in [0.4, 0.5) is 0 Å². The third-order valence-corrected chi connectivity index (χ3v) is 3.60. The summed E-state index contributed by atoms with van der Waals surface area (Å²) in [6, 6.07) is 8.03. The molecule has 1 heterocycles. The summed E-state index contributed by atoms with van der Waals surface area (Å²) in [4.78, 5) is 4.16. The number of hydrogen-bond donors (Lipinski definition) is 1. The first-order valence-corrected chi connectivity index (χ1v) is 7.02. The van der Waals surface area contributed by atoms with E-state index in [9.17, 15) is 0 Å². The molecule has 2 aromatic rings. The molecule has 0 saturated heterocycles. The van der Waals surface area contributed by atoms with Gasteiger partial charge in [-0.2, -0.15) is 0 Å². The van der Waals surface area contributed by atoms with E-state index in [4.69, 9.17) is 16.3 Å². The lowest BCUT2D eigenvalue weighted by molar-refractivity contribution is 0.414. The van der Waals surface area contributed by atoms with Crippen LogP contribution < -0.4 is 10.1 Å². The minimum Gasteiger partial charge on any atom is -0.495 e. The van der Waals surface area contributed by atoms with Crippen molar-refractivity contribution < 1.29 is 4.74 Å². The molecule has 1 aromatic carbocycles. The number of nitrogens with one attached hydrogen (secondary N) is 1. The standard InChI is InChI=1S/C16H19ClN2O/c1-4-19-16(13-7-8-18-10-11(13)2)12-5-6-14(17)15(9-12)20-3/h5-10,16,19H,4H2,1-3H3. The van der Waals surface area contributed by atoms with Gasteiger partial charge in [-0.3, -0.25) is 4.98 Å². The third kappa shape index (κ3) is 3.11. The Balaban J connectivity index is 2.46. The predicted octanol–water partition coefficient (Wildman–Crippen LogP) is 3.75. The fraction of sp³-hybridized carbons (Fsp3) is 0.312. The SMILES string of the molecule is CCNC(c1ccc(Cl)c(OC)c1)c1ccncc1C. The molecule has 0 saturated carbocycles. The second-order valence-electron chi connectivity index (χ2n) is 4.62. The van der Waals surface area contributed by atoms with Gasteiger partial charge in [-0.25, -0.2) is 0 Å². The maximum Gasteiger partial charge on any atom is 0.137 e. The van der Waals surface area contributed by atoms with E-state index < -0.39 is 0 Å². The van der Waals surface area contributed by atoms with Gasteiger partial charge in [-0.15, -0.1) is 0 Å². The number of rotatable bonds is 5. The Morgan fingerprint density at radius 2 is 2.15 bits per heavy atom. The van der Waals surface area contributed by atoms with Gasteiger partial charge in [0.2, 0.25) is 0 Å². The van der Waals surface area contributed by atoms with Gasteiger partial charge >= 0.3 is 0 Å². The lowest BCUT2D eigenvalue weighted by atomic mass is 9.96. The molecule has 0 spiro atoms. The van der Waals surface area contributed by atoms with E-state index in [0.717, 1.165) is 17.7 Å². The maximum absolute atomic E-state index is 6.10. The van der Waals surface area contributed by atoms with Crippen molar-refractivity contribution in [3.63, 3.8) is 0 Å². The van der Waals surface area contributed by atoms with Crippen molar-refractivity contribution in [1.82, 2.24) is 10.3 Å². The highest BCUT2D eigenvalue weighted by Gasteiger charge is 2.16. The van der Waals surface area contributed by atoms with Crippen LogP contribution in [-0.2, 0) is 0 Å². The largest absolute Gasteiger partial charge is 0.495 e. The maximum atomic E-state index is 6.10. The number of pyridine rings is 1. The zero-order valence-corrected chi connectivity index (χ0v) is 12.7. The molecular formula is C16H19ClN2O. The Labute approximate surface area is 124 Å². The number of hydrogen-bond acceptors (Lipinski definition) is 3. The van der Waals surface area contributed by atoms with Crippen molar-refractivity contribution in [2.75, 3.05) is 13.7 Å². The van der Waals surface area contributed by atoms with E-state index in [1.54, 1.807) is 7.11 Å². The van der Waals surface area contributed by atoms with E-state index in [1.165, 1.54) is 5.56 Å². The summed E-state index contributed by atoms with van der Waals surface area (Å²) in [7, 11) is 1.63. The number of nitrogens with zero attached hydrogens (tertiary/aromatic N) is 1. The topological polar surface area (TPSA) is 34.1 Å². The molecule has 0 aliphatic carbocycles. The Morgan fingerprint density at radius 1 is 1.35 bits per heavy atom. The van der Waals surface area contributed by atoms with E-state index in [-0.39, 0.29) is 6.04 Å². The second-order valence-corrected chi connectivity index (χ2v) is 5.02. The number of ether oxygens (including phenoxy) is 1. The molecular weight excluding hydrogens is 272 g/mol. The fourth-order valence-corrected chi connectivity index (χ4v) is 2.47. The lowest BCUT2D eigenvalue weighted by Crippen LogP contribution is -2.22. The van der Waals surface area contributed by atoms with Crippen molar-refractivity contribution in [2.24, 2.45) is 0 Å². The predicted molar refractivity (Wildman–Crippen MR) is 82.5 cm³/mol. The zero-order chi connectivity index (χ0) is 14.5. The average Bonchev–Trinajstić information content (AvgIpc) is 2.46. The summed E-state index contributed by atoms with van der Waals surface area (Å²) in [6.07, 6.45) is 3.70. The van der Waals surface area contributed by atoms with Crippen molar-refractivity contribution >= 4 is 11.6 Å². The fourth-order valence-electron chi connectivity index (χ4n) is 2.28. The molecule has 0 aliphatic heterocycles. The van der Waals surface area contributed by atoms with Gasteiger partial charge in [0.1, 0.15) is 5.75 Å². The van der Waals surface area contributed by atoms with Gasteiger partial charge in [0.15, 0.2) is 0 Å². The number of methoxy groups -OCH3 is 1. The first-order chi connectivity index (χ1) is 9.67. The normalized spacial score (nSPS) is 12.2. The van der Waals surface area contributed by atoms with E-state index >= 15 is 0 Å². The summed E-state index contributed by atoms with van der Waals surface area (Å²) in [5, 5.41) is 4.12. The van der Waals surface area contributed by atoms with E-state index in [1.807, 2.05) is 36.7 Å². The van der Waals surface area contributed by atoms with Crippen molar-refractivity contribution in [3.8, 4) is 5.75 Å². The molecule has 3 nitrogen and oxygen atoms in total. The van der Waals surface area contributed by atoms with Crippen LogP contribution in [0.2, 0.25) is 5.02 Å². The van der Waals surface area contributed by atoms with Crippen LogP contribution in [0.1, 0.15) is 29.7 Å². The van der Waals surface area contributed by atoms with Crippen molar-refractivity contribution in [1.29, 1.82) is 0 Å². The summed E-state index contributed by atoms with van der Waals surface area (Å²) < 4.78 is 5.31. The van der Waals surface area contributed by atoms with Gasteiger partial charge in [0, 0.05) is 12.4 Å². The molecule has 0 bridgehead atoms. The van der Waals surface area contributed by atoms with Gasteiger partial charge in [0.25, 0.3) is 0 Å². The highest BCUT2D eigenvalue weighted by atomic mass is 35.5. The summed E-state index contributed by atoms with van der Waals surface area (Å²) in [6.45, 7) is 5.04. The summed E-state index contributed by atoms with van der Waals surface area (Å²) in [5.41, 5.74) is 3.50. The molecule has 4 heteroatoms. The summed E-state index contributed by atoms with van der Waals surface area (Å²) in [5.74, 6) is 0.693. The van der Waals surface area contributed by atoms with Crippen LogP contribution in [0.3, 0.4) is 0 Å². The van der Waals surface area contributed by atoms with Crippen LogP contribution in [0, 0.1) is 6.92 Å². The molecule has 20 heavy (non-hydrogen) atoms. The van der Waals surface area contributed by atoms with Crippen LogP contribution in [0.15, 0.2) is 36.7 Å². The molecule has 2 rings (SSSR count). The molecule has 0 aliphatic rings. The average molecular weight is 291 g/mol. The highest BCUT2D eigenvalue weighted by molar-refractivity contribution is 6.32. The lowest BCUT2D eigenvalue weighted by Gasteiger charge is -2.21. The second kappa shape index (κ2) is 6.73. The minimum atomic E-state index is 0.106. The minimum absolute atomic E-state index is 0.106. The smallest absolute Gasteiger partial charge is 0.137 e. The monoisotopic (exact) mass is 290 g/mol. The van der Waals surface area contributed by atoms with Gasteiger partial charge in [-0.05, 0) is 48.4 Å². The number of aromatic nitrogens is 1. The van der Waals surface area contributed by atoms with Crippen molar-refractivity contribution in [2.45, 2.75) is 19.9 Å². The molecule has 1 N–H and O–H groups in total. The Morgan fingerprint density at radius 3 is 2.80 bits per heavy atom. The van der Waals surface area contributed by atoms with Crippen molar-refractivity contribution in [3.05, 3.63) is 58.4 Å². The molecule has 0 radical (unpaired) electrons. The van der Waals surface area contributed by atoms with Crippen LogP contribution in [-0.4, -0.2) is 18.6 Å². The molecule has 1 unspecified atom stereocenters. The van der Waals surface area contributed by atoms with Crippen LogP contribution in [0.25, 0.3) is 0 Å². The molecule has 0 fully saturated rings. The molecule has 0 amide bonds. The van der Waals surface area contributed by atoms with E-state index in [0.29, 0.717) is 10.8 Å². The first kappa shape index (κ1) is 14.8. The Bertz CT molecular complexity index is 586. The Kier molecular flexibility index (Phi) is 4.99.